The number of rotatable bonds is 5. The summed E-state index contributed by atoms with van der Waals surface area (Å²) in [6, 6.07) is 7.36. The van der Waals surface area contributed by atoms with E-state index in [1.54, 1.807) is 12.1 Å². The van der Waals surface area contributed by atoms with Crippen LogP contribution in [0.15, 0.2) is 36.4 Å². The van der Waals surface area contributed by atoms with Gasteiger partial charge < -0.3 is 9.84 Å². The molecule has 28 heavy (non-hydrogen) atoms. The van der Waals surface area contributed by atoms with Gasteiger partial charge in [-0.2, -0.15) is 0 Å². The third-order valence-electron chi connectivity index (χ3n) is 5.66. The van der Waals surface area contributed by atoms with Crippen molar-refractivity contribution >= 4 is 0 Å². The van der Waals surface area contributed by atoms with Crippen LogP contribution in [-0.4, -0.2) is 52.8 Å². The van der Waals surface area contributed by atoms with E-state index in [9.17, 15) is 5.11 Å². The molecule has 2 aliphatic rings. The summed E-state index contributed by atoms with van der Waals surface area (Å²) in [6.45, 7) is 6.96. The Hall–Kier alpha value is -2.24. The molecule has 0 amide bonds. The number of aromatic nitrogens is 2. The molecule has 2 aromatic rings. The van der Waals surface area contributed by atoms with Gasteiger partial charge in [0.05, 0.1) is 18.9 Å². The number of fused-ring (bicyclic) bond motifs is 1. The highest BCUT2D eigenvalue weighted by Gasteiger charge is 2.20. The minimum Gasteiger partial charge on any atom is -0.508 e. The van der Waals surface area contributed by atoms with Gasteiger partial charge in [-0.3, -0.25) is 4.90 Å². The fourth-order valence-corrected chi connectivity index (χ4v) is 4.22. The molecule has 2 heterocycles. The first-order valence-corrected chi connectivity index (χ1v) is 10.3. The highest BCUT2D eigenvalue weighted by atomic mass is 16.5. The monoisotopic (exact) mass is 379 g/mol. The second kappa shape index (κ2) is 8.84. The van der Waals surface area contributed by atoms with Gasteiger partial charge in [-0.25, -0.2) is 9.97 Å². The Kier molecular flexibility index (Phi) is 6.03. The predicted octanol–water partition coefficient (Wildman–Crippen LogP) is 3.54. The second-order valence-corrected chi connectivity index (χ2v) is 7.79. The molecule has 1 aromatic carbocycles. The molecule has 0 saturated carbocycles. The van der Waals surface area contributed by atoms with E-state index in [2.05, 4.69) is 17.1 Å². The summed E-state index contributed by atoms with van der Waals surface area (Å²) >= 11 is 0. The molecule has 0 bridgehead atoms. The first-order valence-electron chi connectivity index (χ1n) is 10.3. The van der Waals surface area contributed by atoms with Gasteiger partial charge in [-0.1, -0.05) is 24.3 Å². The summed E-state index contributed by atoms with van der Waals surface area (Å²) in [5.41, 5.74) is 4.27. The largest absolute Gasteiger partial charge is 0.508 e. The summed E-state index contributed by atoms with van der Waals surface area (Å²) in [6.07, 6.45) is 8.83. The van der Waals surface area contributed by atoms with E-state index >= 15 is 0 Å². The number of allylic oxidation sites excluding steroid dienone is 2. The van der Waals surface area contributed by atoms with E-state index in [1.165, 1.54) is 18.4 Å². The number of hydrogen-bond acceptors (Lipinski definition) is 5. The van der Waals surface area contributed by atoms with Gasteiger partial charge in [0, 0.05) is 29.9 Å². The van der Waals surface area contributed by atoms with Gasteiger partial charge >= 0.3 is 0 Å². The molecular formula is C23H29N3O2. The number of ether oxygens (including phenoxy) is 1. The maximum absolute atomic E-state index is 9.88. The zero-order valence-corrected chi connectivity index (χ0v) is 16.6. The van der Waals surface area contributed by atoms with Gasteiger partial charge in [0.25, 0.3) is 0 Å². The topological polar surface area (TPSA) is 58.5 Å². The zero-order chi connectivity index (χ0) is 19.3. The van der Waals surface area contributed by atoms with Gasteiger partial charge in [0.15, 0.2) is 0 Å². The van der Waals surface area contributed by atoms with Crippen LogP contribution in [0.1, 0.15) is 29.9 Å². The molecule has 148 valence electrons. The Morgan fingerprint density at radius 1 is 1.21 bits per heavy atom. The van der Waals surface area contributed by atoms with Crippen LogP contribution in [0.2, 0.25) is 0 Å². The summed E-state index contributed by atoms with van der Waals surface area (Å²) in [4.78, 5) is 12.0. The molecular weight excluding hydrogens is 350 g/mol. The minimum absolute atomic E-state index is 0.271. The predicted molar refractivity (Wildman–Crippen MR) is 110 cm³/mol. The smallest absolute Gasteiger partial charge is 0.126 e. The third-order valence-corrected chi connectivity index (χ3v) is 5.66. The summed E-state index contributed by atoms with van der Waals surface area (Å²) in [5, 5.41) is 9.88. The van der Waals surface area contributed by atoms with Crippen molar-refractivity contribution in [1.82, 2.24) is 14.9 Å². The molecule has 0 spiro atoms. The second-order valence-electron chi connectivity index (χ2n) is 7.79. The zero-order valence-electron chi connectivity index (χ0n) is 16.6. The van der Waals surface area contributed by atoms with Crippen molar-refractivity contribution in [2.45, 2.75) is 32.6 Å². The molecule has 1 fully saturated rings. The molecule has 1 aliphatic heterocycles. The molecule has 1 saturated heterocycles. The average molecular weight is 380 g/mol. The highest BCUT2D eigenvalue weighted by molar-refractivity contribution is 5.66. The number of aromatic hydroxyl groups is 1. The fraction of sp³-hybridized carbons (Fsp3) is 0.478. The number of benzene rings is 1. The van der Waals surface area contributed by atoms with Crippen molar-refractivity contribution in [2.24, 2.45) is 5.92 Å². The first kappa shape index (κ1) is 19.1. The number of morpholine rings is 1. The molecule has 1 aromatic heterocycles. The van der Waals surface area contributed by atoms with Crippen molar-refractivity contribution < 1.29 is 9.84 Å². The molecule has 1 N–H and O–H groups in total. The lowest BCUT2D eigenvalue weighted by Gasteiger charge is -2.26. The lowest BCUT2D eigenvalue weighted by molar-refractivity contribution is 0.0368. The van der Waals surface area contributed by atoms with Crippen molar-refractivity contribution in [1.29, 1.82) is 0 Å². The molecule has 1 atom stereocenters. The lowest BCUT2D eigenvalue weighted by Crippen LogP contribution is -2.36. The molecule has 1 aliphatic carbocycles. The lowest BCUT2D eigenvalue weighted by atomic mass is 9.95. The quantitative estimate of drug-likeness (QED) is 0.805. The van der Waals surface area contributed by atoms with E-state index in [0.29, 0.717) is 5.92 Å². The number of nitrogens with zero attached hydrogens (tertiary/aromatic N) is 3. The van der Waals surface area contributed by atoms with E-state index in [1.807, 2.05) is 19.1 Å². The number of phenolic OH excluding ortho intramolecular Hbond substituents is 1. The molecule has 0 radical (unpaired) electrons. The molecule has 4 rings (SSSR count). The first-order chi connectivity index (χ1) is 13.7. The molecule has 5 heteroatoms. The Morgan fingerprint density at radius 2 is 2.07 bits per heavy atom. The van der Waals surface area contributed by atoms with Crippen molar-refractivity contribution in [3.8, 4) is 17.0 Å². The summed E-state index contributed by atoms with van der Waals surface area (Å²) in [5.74, 6) is 1.59. The van der Waals surface area contributed by atoms with Crippen LogP contribution < -0.4 is 0 Å². The van der Waals surface area contributed by atoms with Crippen LogP contribution in [0.4, 0.5) is 0 Å². The Bertz CT molecular complexity index is 844. The minimum atomic E-state index is 0.271. The number of phenols is 1. The molecule has 5 nitrogen and oxygen atoms in total. The van der Waals surface area contributed by atoms with Crippen LogP contribution in [0, 0.1) is 12.8 Å². The van der Waals surface area contributed by atoms with Crippen LogP contribution in [0.3, 0.4) is 0 Å². The van der Waals surface area contributed by atoms with Gasteiger partial charge in [-0.15, -0.1) is 0 Å². The Morgan fingerprint density at radius 3 is 2.89 bits per heavy atom. The van der Waals surface area contributed by atoms with Gasteiger partial charge in [0.2, 0.25) is 0 Å². The fourth-order valence-electron chi connectivity index (χ4n) is 4.22. The molecule has 1 unspecified atom stereocenters. The SMILES string of the molecule is Cc1nc2c(c(-c3cccc(O)c3)n1)CC=CC(CCCN1CCOCC1)C2. The van der Waals surface area contributed by atoms with Crippen molar-refractivity contribution in [2.75, 3.05) is 32.8 Å². The van der Waals surface area contributed by atoms with E-state index < -0.39 is 0 Å². The summed E-state index contributed by atoms with van der Waals surface area (Å²) < 4.78 is 5.44. The number of hydrogen-bond donors (Lipinski definition) is 1. The maximum Gasteiger partial charge on any atom is 0.126 e. The Labute approximate surface area is 167 Å². The van der Waals surface area contributed by atoms with Crippen molar-refractivity contribution in [3.05, 3.63) is 53.5 Å². The third kappa shape index (κ3) is 4.59. The van der Waals surface area contributed by atoms with Crippen LogP contribution in [0.5, 0.6) is 5.75 Å². The van der Waals surface area contributed by atoms with E-state index in [4.69, 9.17) is 14.7 Å². The van der Waals surface area contributed by atoms with Gasteiger partial charge in [0.1, 0.15) is 11.6 Å². The van der Waals surface area contributed by atoms with E-state index in [0.717, 1.165) is 68.5 Å². The van der Waals surface area contributed by atoms with Crippen molar-refractivity contribution in [3.63, 3.8) is 0 Å². The normalized spacial score (nSPS) is 20.0. The number of aryl methyl sites for hydroxylation is 1. The standard InChI is InChI=1S/C23H29N3O2/c1-17-24-22-15-18(6-4-10-26-11-13-28-14-12-26)5-2-9-21(22)23(25-17)19-7-3-8-20(27)16-19/h2-3,5,7-8,16,18,27H,4,6,9-15H2,1H3. The van der Waals surface area contributed by atoms with E-state index in [-0.39, 0.29) is 5.75 Å². The average Bonchev–Trinajstić information content (AvgIpc) is 2.90. The summed E-state index contributed by atoms with van der Waals surface area (Å²) in [7, 11) is 0. The maximum atomic E-state index is 9.88. The van der Waals surface area contributed by atoms with Gasteiger partial charge in [-0.05, 0) is 57.2 Å². The highest BCUT2D eigenvalue weighted by Crippen LogP contribution is 2.31. The van der Waals surface area contributed by atoms with Crippen LogP contribution in [-0.2, 0) is 17.6 Å². The van der Waals surface area contributed by atoms with Crippen LogP contribution in [0.25, 0.3) is 11.3 Å². The van der Waals surface area contributed by atoms with Crippen LogP contribution >= 0.6 is 0 Å². The Balaban J connectivity index is 1.48.